The summed E-state index contributed by atoms with van der Waals surface area (Å²) in [6.45, 7) is 7.35. The Labute approximate surface area is 87.0 Å². The highest BCUT2D eigenvalue weighted by atomic mass is 32.2. The molecule has 86 valence electrons. The largest absolute Gasteiger partial charge is 0.395 e. The van der Waals surface area contributed by atoms with E-state index >= 15 is 0 Å². The summed E-state index contributed by atoms with van der Waals surface area (Å²) >= 11 is 0. The molecule has 0 aliphatic carbocycles. The van der Waals surface area contributed by atoms with Crippen LogP contribution in [0.5, 0.6) is 0 Å². The molecule has 0 amide bonds. The fraction of sp³-hybridized carbons (Fsp3) is 1.00. The third-order valence-electron chi connectivity index (χ3n) is 1.85. The molecule has 0 aliphatic rings. The van der Waals surface area contributed by atoms with E-state index in [1.807, 2.05) is 27.7 Å². The molecule has 0 aromatic carbocycles. The Balaban J connectivity index is 4.83. The minimum absolute atomic E-state index is 0.139. The van der Waals surface area contributed by atoms with Gasteiger partial charge in [0.05, 0.1) is 12.4 Å². The third kappa shape index (κ3) is 3.94. The van der Waals surface area contributed by atoms with E-state index in [-0.39, 0.29) is 18.9 Å². The summed E-state index contributed by atoms with van der Waals surface area (Å²) in [5, 5.41) is 8.83. The van der Waals surface area contributed by atoms with Gasteiger partial charge in [-0.25, -0.2) is 8.42 Å². The number of nitrogens with zero attached hydrogens (tertiary/aromatic N) is 1. The zero-order valence-corrected chi connectivity index (χ0v) is 10.3. The molecule has 1 N–H and O–H groups in total. The van der Waals surface area contributed by atoms with Crippen LogP contribution in [-0.2, 0) is 10.0 Å². The van der Waals surface area contributed by atoms with Crippen molar-refractivity contribution in [3.63, 3.8) is 0 Å². The van der Waals surface area contributed by atoms with E-state index in [0.29, 0.717) is 6.42 Å². The van der Waals surface area contributed by atoms with Crippen LogP contribution >= 0.6 is 0 Å². The third-order valence-corrected chi connectivity index (χ3v) is 4.18. The lowest BCUT2D eigenvalue weighted by Gasteiger charge is -2.33. The molecule has 0 aromatic heterocycles. The Morgan fingerprint density at radius 1 is 1.29 bits per heavy atom. The van der Waals surface area contributed by atoms with Crippen LogP contribution in [0.15, 0.2) is 0 Å². The van der Waals surface area contributed by atoms with Crippen LogP contribution < -0.4 is 0 Å². The predicted octanol–water partition coefficient (Wildman–Crippen LogP) is 0.819. The average molecular weight is 223 g/mol. The van der Waals surface area contributed by atoms with E-state index in [0.717, 1.165) is 0 Å². The van der Waals surface area contributed by atoms with Gasteiger partial charge in [-0.1, -0.05) is 6.92 Å². The van der Waals surface area contributed by atoms with Crippen molar-refractivity contribution in [1.29, 1.82) is 0 Å². The van der Waals surface area contributed by atoms with Crippen molar-refractivity contribution in [2.24, 2.45) is 0 Å². The fourth-order valence-electron chi connectivity index (χ4n) is 1.35. The number of hydrogen-bond acceptors (Lipinski definition) is 3. The zero-order valence-electron chi connectivity index (χ0n) is 9.45. The average Bonchev–Trinajstić information content (AvgIpc) is 1.97. The molecule has 0 saturated heterocycles. The maximum Gasteiger partial charge on any atom is 0.214 e. The van der Waals surface area contributed by atoms with Gasteiger partial charge < -0.3 is 5.11 Å². The van der Waals surface area contributed by atoms with Crippen LogP contribution in [-0.4, -0.2) is 42.3 Å². The first kappa shape index (κ1) is 13.9. The Kier molecular flexibility index (Phi) is 5.05. The minimum atomic E-state index is -3.22. The lowest BCUT2D eigenvalue weighted by molar-refractivity contribution is 0.190. The highest BCUT2D eigenvalue weighted by Crippen LogP contribution is 2.18. The molecule has 0 aromatic rings. The molecule has 0 bridgehead atoms. The summed E-state index contributed by atoms with van der Waals surface area (Å²) in [4.78, 5) is 0. The lowest BCUT2D eigenvalue weighted by atomic mass is 10.1. The van der Waals surface area contributed by atoms with Crippen molar-refractivity contribution < 1.29 is 13.5 Å². The Morgan fingerprint density at radius 2 is 1.79 bits per heavy atom. The van der Waals surface area contributed by atoms with E-state index < -0.39 is 15.6 Å². The second-order valence-electron chi connectivity index (χ2n) is 4.28. The highest BCUT2D eigenvalue weighted by molar-refractivity contribution is 7.89. The SMILES string of the molecule is CCCS(=O)(=O)N(CCO)C(C)(C)C. The summed E-state index contributed by atoms with van der Waals surface area (Å²) in [6.07, 6.45) is 0.598. The van der Waals surface area contributed by atoms with Crippen molar-refractivity contribution in [3.8, 4) is 0 Å². The summed E-state index contributed by atoms with van der Waals surface area (Å²) in [5.41, 5.74) is -0.462. The lowest BCUT2D eigenvalue weighted by Crippen LogP contribution is -2.47. The molecule has 4 nitrogen and oxygen atoms in total. The van der Waals surface area contributed by atoms with Gasteiger partial charge in [0.1, 0.15) is 0 Å². The molecule has 0 radical (unpaired) electrons. The molecule has 0 heterocycles. The molecule has 0 rings (SSSR count). The molecule has 0 atom stereocenters. The number of aliphatic hydroxyl groups excluding tert-OH is 1. The second-order valence-corrected chi connectivity index (χ2v) is 6.30. The van der Waals surface area contributed by atoms with Crippen LogP contribution in [0.2, 0.25) is 0 Å². The van der Waals surface area contributed by atoms with Crippen LogP contribution in [0.3, 0.4) is 0 Å². The normalized spacial score (nSPS) is 13.6. The fourth-order valence-corrected chi connectivity index (χ4v) is 3.28. The standard InChI is InChI=1S/C9H21NO3S/c1-5-8-14(12,13)10(6-7-11)9(2,3)4/h11H,5-8H2,1-4H3. The summed E-state index contributed by atoms with van der Waals surface area (Å²) in [7, 11) is -3.22. The molecule has 0 aliphatic heterocycles. The number of aliphatic hydroxyl groups is 1. The zero-order chi connectivity index (χ0) is 11.4. The van der Waals surface area contributed by atoms with Crippen molar-refractivity contribution in [2.45, 2.75) is 39.7 Å². The Bertz CT molecular complexity index is 254. The Hall–Kier alpha value is -0.130. The number of sulfonamides is 1. The van der Waals surface area contributed by atoms with E-state index in [4.69, 9.17) is 5.11 Å². The van der Waals surface area contributed by atoms with E-state index in [9.17, 15) is 8.42 Å². The maximum atomic E-state index is 11.8. The van der Waals surface area contributed by atoms with Gasteiger partial charge in [0.15, 0.2) is 0 Å². The van der Waals surface area contributed by atoms with Gasteiger partial charge in [-0.3, -0.25) is 0 Å². The van der Waals surface area contributed by atoms with Gasteiger partial charge >= 0.3 is 0 Å². The van der Waals surface area contributed by atoms with Crippen LogP contribution in [0.4, 0.5) is 0 Å². The summed E-state index contributed by atoms with van der Waals surface area (Å²) in [5.74, 6) is 0.143. The van der Waals surface area contributed by atoms with Gasteiger partial charge in [0.2, 0.25) is 10.0 Å². The molecular weight excluding hydrogens is 202 g/mol. The van der Waals surface area contributed by atoms with Crippen molar-refractivity contribution in [2.75, 3.05) is 18.9 Å². The minimum Gasteiger partial charge on any atom is -0.395 e. The van der Waals surface area contributed by atoms with Crippen LogP contribution in [0.1, 0.15) is 34.1 Å². The number of β-amino-alcohol motifs (C(OH)–C–C–N with tert-alkyl or cyclic N) is 1. The second kappa shape index (κ2) is 5.09. The molecule has 5 heteroatoms. The predicted molar refractivity (Wildman–Crippen MR) is 57.6 cm³/mol. The maximum absolute atomic E-state index is 11.8. The molecule has 14 heavy (non-hydrogen) atoms. The molecule has 0 spiro atoms. The van der Waals surface area contributed by atoms with E-state index in [2.05, 4.69) is 0 Å². The molecule has 0 fully saturated rings. The topological polar surface area (TPSA) is 57.6 Å². The first-order chi connectivity index (χ1) is 6.25. The van der Waals surface area contributed by atoms with Crippen LogP contribution in [0, 0.1) is 0 Å². The monoisotopic (exact) mass is 223 g/mol. The summed E-state index contributed by atoms with van der Waals surface area (Å²) in [6, 6.07) is 0. The van der Waals surface area contributed by atoms with Gasteiger partial charge in [-0.15, -0.1) is 0 Å². The van der Waals surface area contributed by atoms with Crippen molar-refractivity contribution in [1.82, 2.24) is 4.31 Å². The highest BCUT2D eigenvalue weighted by Gasteiger charge is 2.31. The van der Waals surface area contributed by atoms with Gasteiger partial charge in [0, 0.05) is 12.1 Å². The smallest absolute Gasteiger partial charge is 0.214 e. The quantitative estimate of drug-likeness (QED) is 0.750. The van der Waals surface area contributed by atoms with Gasteiger partial charge in [-0.2, -0.15) is 4.31 Å². The molecule has 0 saturated carbocycles. The van der Waals surface area contributed by atoms with Gasteiger partial charge in [-0.05, 0) is 27.2 Å². The van der Waals surface area contributed by atoms with Gasteiger partial charge in [0.25, 0.3) is 0 Å². The molecular formula is C9H21NO3S. The number of hydrogen-bond donors (Lipinski definition) is 1. The van der Waals surface area contributed by atoms with Crippen molar-refractivity contribution in [3.05, 3.63) is 0 Å². The van der Waals surface area contributed by atoms with E-state index in [1.54, 1.807) is 0 Å². The molecule has 0 unspecified atom stereocenters. The Morgan fingerprint density at radius 3 is 2.07 bits per heavy atom. The van der Waals surface area contributed by atoms with Crippen LogP contribution in [0.25, 0.3) is 0 Å². The number of rotatable bonds is 5. The van der Waals surface area contributed by atoms with Crippen molar-refractivity contribution >= 4 is 10.0 Å². The first-order valence-electron chi connectivity index (χ1n) is 4.87. The summed E-state index contributed by atoms with van der Waals surface area (Å²) < 4.78 is 24.9. The first-order valence-corrected chi connectivity index (χ1v) is 6.48. The van der Waals surface area contributed by atoms with E-state index in [1.165, 1.54) is 4.31 Å².